The number of nitrogens with one attached hydrogen (secondary N) is 3. The minimum Gasteiger partial charge on any atom is -0.494 e. The number of anilines is 2. The minimum atomic E-state index is -1.16. The van der Waals surface area contributed by atoms with Crippen LogP contribution >= 0.6 is 22.9 Å². The maximum absolute atomic E-state index is 14.6. The van der Waals surface area contributed by atoms with Crippen LogP contribution in [0.2, 0.25) is 5.02 Å². The topological polar surface area (TPSA) is 147 Å². The molecule has 16 heteroatoms. The number of rotatable bonds is 9. The highest BCUT2D eigenvalue weighted by molar-refractivity contribution is 7.15. The van der Waals surface area contributed by atoms with Crippen LogP contribution in [0.4, 0.5) is 19.6 Å². The second-order valence-electron chi connectivity index (χ2n) is 11.3. The van der Waals surface area contributed by atoms with Gasteiger partial charge in [-0.2, -0.15) is 4.39 Å². The molecule has 0 bridgehead atoms. The van der Waals surface area contributed by atoms with Crippen molar-refractivity contribution in [3.63, 3.8) is 0 Å². The second-order valence-corrected chi connectivity index (χ2v) is 12.8. The minimum absolute atomic E-state index is 0.0726. The number of thiazole rings is 1. The molecule has 1 fully saturated rings. The van der Waals surface area contributed by atoms with Gasteiger partial charge in [0, 0.05) is 35.8 Å². The van der Waals surface area contributed by atoms with Crippen LogP contribution in [0.3, 0.4) is 0 Å². The van der Waals surface area contributed by atoms with E-state index in [0.717, 1.165) is 0 Å². The number of hydrogen-bond acceptors (Lipinski definition) is 8. The van der Waals surface area contributed by atoms with Crippen molar-refractivity contribution < 1.29 is 37.5 Å². The van der Waals surface area contributed by atoms with Crippen molar-refractivity contribution in [2.45, 2.75) is 25.1 Å². The molecule has 3 heterocycles. The summed E-state index contributed by atoms with van der Waals surface area (Å²) < 4.78 is 35.4. The van der Waals surface area contributed by atoms with Crippen molar-refractivity contribution in [2.24, 2.45) is 7.05 Å². The molecule has 0 radical (unpaired) electrons. The van der Waals surface area contributed by atoms with Gasteiger partial charge in [-0.15, -0.1) is 0 Å². The summed E-state index contributed by atoms with van der Waals surface area (Å²) in [5.74, 6) is -3.96. The zero-order chi connectivity index (χ0) is 33.3. The Morgan fingerprint density at radius 3 is 2.54 bits per heavy atom. The van der Waals surface area contributed by atoms with Crippen molar-refractivity contribution in [1.82, 2.24) is 19.9 Å². The molecule has 1 aliphatic heterocycles. The maximum Gasteiger partial charge on any atom is 0.291 e. The first-order chi connectivity index (χ1) is 21.8. The molecule has 4 N–H and O–H groups in total. The van der Waals surface area contributed by atoms with Crippen molar-refractivity contribution in [3.8, 4) is 17.0 Å². The molecular formula is C30H31ClF2N7O5S+. The Morgan fingerprint density at radius 1 is 1.11 bits per heavy atom. The van der Waals surface area contributed by atoms with Gasteiger partial charge in [0.05, 0.1) is 50.2 Å². The number of methoxy groups -OCH3 is 1. The third-order valence-corrected chi connectivity index (χ3v) is 8.96. The SMILES string of the molecule is COc1ccc(-c2cnc(C(=O)Nc3ccc(C(=O)NCc4cnc(NC(=O)[C@@H]5C[C@@H](O)C[N+]5(C)C)s4)c(Cl)c3)n2C)c(F)c1F. The number of quaternary nitrogens is 1. The number of aliphatic hydroxyl groups excluding tert-OH is 1. The Labute approximate surface area is 271 Å². The molecule has 0 unspecified atom stereocenters. The fraction of sp³-hybridized carbons (Fsp3) is 0.300. The molecular weight excluding hydrogens is 644 g/mol. The van der Waals surface area contributed by atoms with E-state index >= 15 is 0 Å². The molecule has 0 spiro atoms. The molecule has 0 saturated carbocycles. The van der Waals surface area contributed by atoms with E-state index in [1.165, 1.54) is 66.6 Å². The quantitative estimate of drug-likeness (QED) is 0.198. The Morgan fingerprint density at radius 2 is 1.87 bits per heavy atom. The first-order valence-electron chi connectivity index (χ1n) is 14.0. The first-order valence-corrected chi connectivity index (χ1v) is 15.2. The van der Waals surface area contributed by atoms with Gasteiger partial charge in [0.2, 0.25) is 5.82 Å². The molecule has 46 heavy (non-hydrogen) atoms. The number of aliphatic hydroxyl groups is 1. The van der Waals surface area contributed by atoms with Gasteiger partial charge in [-0.05, 0) is 30.3 Å². The van der Waals surface area contributed by atoms with E-state index in [1.54, 1.807) is 6.20 Å². The van der Waals surface area contributed by atoms with Crippen LogP contribution in [0, 0.1) is 11.6 Å². The summed E-state index contributed by atoms with van der Waals surface area (Å²) in [7, 11) is 6.49. The number of nitrogens with zero attached hydrogens (tertiary/aromatic N) is 4. The van der Waals surface area contributed by atoms with Crippen LogP contribution in [-0.4, -0.2) is 81.7 Å². The van der Waals surface area contributed by atoms with Crippen LogP contribution in [0.5, 0.6) is 5.75 Å². The van der Waals surface area contributed by atoms with E-state index in [-0.39, 0.29) is 51.6 Å². The summed E-state index contributed by atoms with van der Waals surface area (Å²) in [5.41, 5.74) is 0.505. The number of carbonyl (C=O) groups is 3. The van der Waals surface area contributed by atoms with Gasteiger partial charge in [-0.1, -0.05) is 22.9 Å². The Balaban J connectivity index is 1.18. The number of carbonyl (C=O) groups excluding carboxylic acids is 3. The molecule has 12 nitrogen and oxygen atoms in total. The highest BCUT2D eigenvalue weighted by atomic mass is 35.5. The largest absolute Gasteiger partial charge is 0.494 e. The van der Waals surface area contributed by atoms with Gasteiger partial charge >= 0.3 is 0 Å². The van der Waals surface area contributed by atoms with Gasteiger partial charge in [0.1, 0.15) is 12.6 Å². The van der Waals surface area contributed by atoms with Crippen LogP contribution in [0.1, 0.15) is 32.3 Å². The Bertz CT molecular complexity index is 1830. The summed E-state index contributed by atoms with van der Waals surface area (Å²) in [4.78, 5) is 47.5. The molecule has 2 aromatic carbocycles. The van der Waals surface area contributed by atoms with Gasteiger partial charge in [0.25, 0.3) is 17.7 Å². The molecule has 1 aliphatic rings. The maximum atomic E-state index is 14.6. The van der Waals surface area contributed by atoms with Crippen molar-refractivity contribution in [2.75, 3.05) is 38.4 Å². The van der Waals surface area contributed by atoms with Crippen LogP contribution in [0.15, 0.2) is 42.7 Å². The summed E-state index contributed by atoms with van der Waals surface area (Å²) in [5, 5.41) is 18.6. The van der Waals surface area contributed by atoms with Gasteiger partial charge in [-0.25, -0.2) is 14.4 Å². The van der Waals surface area contributed by atoms with Crippen molar-refractivity contribution in [3.05, 3.63) is 75.6 Å². The predicted molar refractivity (Wildman–Crippen MR) is 168 cm³/mol. The van der Waals surface area contributed by atoms with E-state index in [9.17, 15) is 28.3 Å². The summed E-state index contributed by atoms with van der Waals surface area (Å²) in [6, 6.07) is 6.54. The van der Waals surface area contributed by atoms with E-state index in [0.29, 0.717) is 27.5 Å². The lowest BCUT2D eigenvalue weighted by Crippen LogP contribution is -2.50. The fourth-order valence-corrected chi connectivity index (χ4v) is 6.35. The first kappa shape index (κ1) is 32.9. The van der Waals surface area contributed by atoms with Crippen LogP contribution in [0.25, 0.3) is 11.3 Å². The lowest BCUT2D eigenvalue weighted by atomic mass is 10.1. The smallest absolute Gasteiger partial charge is 0.291 e. The number of hydrogen-bond donors (Lipinski definition) is 4. The predicted octanol–water partition coefficient (Wildman–Crippen LogP) is 3.81. The average Bonchev–Trinajstić information content (AvgIpc) is 3.69. The monoisotopic (exact) mass is 674 g/mol. The van der Waals surface area contributed by atoms with E-state index in [4.69, 9.17) is 16.3 Å². The Kier molecular flexibility index (Phi) is 9.39. The highest BCUT2D eigenvalue weighted by Crippen LogP contribution is 2.30. The number of benzene rings is 2. The number of likely N-dealkylation sites (N-methyl/N-ethyl adjacent to an activating group) is 1. The van der Waals surface area contributed by atoms with Gasteiger partial charge in [-0.3, -0.25) is 19.7 Å². The average molecular weight is 675 g/mol. The van der Waals surface area contributed by atoms with E-state index in [1.807, 2.05) is 14.1 Å². The molecule has 5 rings (SSSR count). The molecule has 3 amide bonds. The number of aromatic nitrogens is 3. The molecule has 1 saturated heterocycles. The molecule has 2 aromatic heterocycles. The lowest BCUT2D eigenvalue weighted by molar-refractivity contribution is -0.894. The van der Waals surface area contributed by atoms with Gasteiger partial charge in [0.15, 0.2) is 28.6 Å². The Hall–Kier alpha value is -4.44. The number of ether oxygens (including phenoxy) is 1. The summed E-state index contributed by atoms with van der Waals surface area (Å²) in [6.07, 6.45) is 2.63. The second kappa shape index (κ2) is 13.1. The van der Waals surface area contributed by atoms with Crippen molar-refractivity contribution in [1.29, 1.82) is 0 Å². The third-order valence-electron chi connectivity index (χ3n) is 7.74. The molecule has 242 valence electrons. The lowest BCUT2D eigenvalue weighted by Gasteiger charge is -2.29. The number of likely N-dealkylation sites (tertiary alicyclic amines) is 1. The number of amides is 3. The zero-order valence-corrected chi connectivity index (χ0v) is 26.8. The standard InChI is InChI=1S/C30H30ClF2N7O5S/c1-39-21(19-7-8-23(45-4)25(33)24(19)32)13-34-26(39)29(44)37-15-5-6-18(20(31)9-15)27(42)35-11-17-12-36-30(46-17)38-28(43)22-10-16(41)14-40(22,2)3/h5-9,12-13,16,22,41H,10-11,14H2,1-4H3,(H2-,35,36,37,38,42,43,44)/p+1/t16-,22+/m1/s1. The van der Waals surface area contributed by atoms with Crippen molar-refractivity contribution >= 4 is 51.5 Å². The zero-order valence-electron chi connectivity index (χ0n) is 25.2. The third kappa shape index (κ3) is 6.72. The van der Waals surface area contributed by atoms with Crippen LogP contribution < -0.4 is 20.7 Å². The summed E-state index contributed by atoms with van der Waals surface area (Å²) >= 11 is 7.58. The highest BCUT2D eigenvalue weighted by Gasteiger charge is 2.44. The number of imidazole rings is 1. The van der Waals surface area contributed by atoms with E-state index < -0.39 is 35.6 Å². The molecule has 0 aliphatic carbocycles. The van der Waals surface area contributed by atoms with Gasteiger partial charge < -0.3 is 29.5 Å². The number of halogens is 3. The molecule has 4 aromatic rings. The van der Waals surface area contributed by atoms with Crippen LogP contribution in [-0.2, 0) is 18.4 Å². The normalized spacial score (nSPS) is 17.0. The fourth-order valence-electron chi connectivity index (χ4n) is 5.33. The van der Waals surface area contributed by atoms with E-state index in [2.05, 4.69) is 25.9 Å². The molecule has 2 atom stereocenters. The summed E-state index contributed by atoms with van der Waals surface area (Å²) in [6.45, 7) is 0.621.